The molecule has 1 aliphatic carbocycles. The number of imidazole rings is 1. The van der Waals surface area contributed by atoms with Crippen LogP contribution in [0.5, 0.6) is 0 Å². The Bertz CT molecular complexity index is 1290. The van der Waals surface area contributed by atoms with Gasteiger partial charge in [-0.25, -0.2) is 14.2 Å². The van der Waals surface area contributed by atoms with Gasteiger partial charge in [-0.15, -0.1) is 0 Å². The summed E-state index contributed by atoms with van der Waals surface area (Å²) in [5, 5.41) is 4.57. The number of carbonyl (C=O) groups is 4. The number of alkyl halides is 3. The second-order valence-corrected chi connectivity index (χ2v) is 9.16. The maximum atomic E-state index is 15.2. The summed E-state index contributed by atoms with van der Waals surface area (Å²) in [6.45, 7) is -0.275. The second-order valence-electron chi connectivity index (χ2n) is 9.16. The summed E-state index contributed by atoms with van der Waals surface area (Å²) in [7, 11) is 0. The number of carbonyl (C=O) groups excluding carboxylic acids is 4. The number of benzene rings is 1. The number of aromatic nitrogens is 2. The van der Waals surface area contributed by atoms with Crippen LogP contribution in [0.3, 0.4) is 0 Å². The van der Waals surface area contributed by atoms with E-state index in [-0.39, 0.29) is 49.9 Å². The van der Waals surface area contributed by atoms with Crippen molar-refractivity contribution in [3.05, 3.63) is 52.9 Å². The lowest BCUT2D eigenvalue weighted by atomic mass is 9.89. The fraction of sp³-hybridized carbons (Fsp3) is 0.435. The number of hydrogen-bond donors (Lipinski definition) is 2. The summed E-state index contributed by atoms with van der Waals surface area (Å²) in [4.78, 5) is 53.3. The minimum atomic E-state index is -4.54. The highest BCUT2D eigenvalue weighted by Crippen LogP contribution is 2.39. The van der Waals surface area contributed by atoms with E-state index in [1.165, 1.54) is 17.0 Å². The number of piperidine rings is 1. The number of halogens is 4. The molecule has 4 amide bonds. The molecule has 1 aromatic heterocycles. The van der Waals surface area contributed by atoms with Crippen molar-refractivity contribution in [2.45, 2.75) is 63.1 Å². The molecule has 0 bridgehead atoms. The summed E-state index contributed by atoms with van der Waals surface area (Å²) >= 11 is 0. The highest BCUT2D eigenvalue weighted by molar-refractivity contribution is 6.05. The molecule has 2 N–H and O–H groups in total. The lowest BCUT2D eigenvalue weighted by Crippen LogP contribution is -2.52. The van der Waals surface area contributed by atoms with Gasteiger partial charge in [-0.1, -0.05) is 12.1 Å². The largest absolute Gasteiger partial charge is 0.446 e. The van der Waals surface area contributed by atoms with Crippen molar-refractivity contribution in [2.24, 2.45) is 0 Å². The summed E-state index contributed by atoms with van der Waals surface area (Å²) < 4.78 is 60.4. The Morgan fingerprint density at radius 2 is 1.97 bits per heavy atom. The van der Waals surface area contributed by atoms with Crippen molar-refractivity contribution in [3.63, 3.8) is 0 Å². The standard InChI is InChI=1S/C23H21F4N5O5/c24-19-11(1-2-12-9-31(21(35)18(12)19)15-3-4-17(33)30-20(15)34)7-29-22(36)37-14-5-13(6-14)32-10-28-8-16(32)23(25,26)27/h1-2,8,10,13-15H,3-7,9H2,(H,29,36)(H,30,33,34)/t13?,14?,15-/m1/s1. The smallest absolute Gasteiger partial charge is 0.433 e. The van der Waals surface area contributed by atoms with Gasteiger partial charge in [0.05, 0.1) is 18.1 Å². The van der Waals surface area contributed by atoms with Crippen LogP contribution in [0.4, 0.5) is 22.4 Å². The molecule has 37 heavy (non-hydrogen) atoms. The molecule has 5 rings (SSSR count). The van der Waals surface area contributed by atoms with E-state index in [9.17, 15) is 32.3 Å². The van der Waals surface area contributed by atoms with Crippen LogP contribution in [-0.2, 0) is 33.6 Å². The zero-order valence-corrected chi connectivity index (χ0v) is 19.2. The Kier molecular flexibility index (Phi) is 6.12. The van der Waals surface area contributed by atoms with Crippen LogP contribution >= 0.6 is 0 Å². The van der Waals surface area contributed by atoms with E-state index in [2.05, 4.69) is 15.6 Å². The van der Waals surface area contributed by atoms with Gasteiger partial charge in [-0.2, -0.15) is 13.2 Å². The van der Waals surface area contributed by atoms with Crippen LogP contribution < -0.4 is 10.6 Å². The van der Waals surface area contributed by atoms with Gasteiger partial charge in [-0.3, -0.25) is 19.7 Å². The van der Waals surface area contributed by atoms with E-state index < -0.39 is 59.7 Å². The van der Waals surface area contributed by atoms with Crippen LogP contribution in [-0.4, -0.2) is 50.4 Å². The number of nitrogens with zero attached hydrogens (tertiary/aromatic N) is 3. The number of alkyl carbamates (subject to hydrolysis) is 1. The molecule has 2 fully saturated rings. The van der Waals surface area contributed by atoms with E-state index in [0.29, 0.717) is 5.56 Å². The van der Waals surface area contributed by atoms with Crippen molar-refractivity contribution in [1.82, 2.24) is 25.1 Å². The summed E-state index contributed by atoms with van der Waals surface area (Å²) in [5.41, 5.74) is -0.663. The third kappa shape index (κ3) is 4.62. The maximum absolute atomic E-state index is 15.2. The minimum Gasteiger partial charge on any atom is -0.446 e. The van der Waals surface area contributed by atoms with E-state index in [1.807, 2.05) is 0 Å². The summed E-state index contributed by atoms with van der Waals surface area (Å²) in [6, 6.07) is 1.55. The number of amides is 4. The Morgan fingerprint density at radius 3 is 2.68 bits per heavy atom. The quantitative estimate of drug-likeness (QED) is 0.459. The second kappa shape index (κ2) is 9.16. The number of ether oxygens (including phenoxy) is 1. The zero-order chi connectivity index (χ0) is 26.5. The molecule has 2 aromatic rings. The lowest BCUT2D eigenvalue weighted by molar-refractivity contribution is -0.146. The summed E-state index contributed by atoms with van der Waals surface area (Å²) in [5.74, 6) is -2.55. The molecular formula is C23H21F4N5O5. The molecule has 1 atom stereocenters. The molecule has 196 valence electrons. The first-order valence-corrected chi connectivity index (χ1v) is 11.5. The Labute approximate surface area is 207 Å². The van der Waals surface area contributed by atoms with Gasteiger partial charge in [0.1, 0.15) is 23.7 Å². The third-order valence-electron chi connectivity index (χ3n) is 6.83. The van der Waals surface area contributed by atoms with Crippen molar-refractivity contribution in [2.75, 3.05) is 0 Å². The lowest BCUT2D eigenvalue weighted by Gasteiger charge is -2.36. The van der Waals surface area contributed by atoms with Crippen LogP contribution in [0.1, 0.15) is 58.9 Å². The highest BCUT2D eigenvalue weighted by Gasteiger charge is 2.42. The van der Waals surface area contributed by atoms with Crippen LogP contribution in [0.2, 0.25) is 0 Å². The zero-order valence-electron chi connectivity index (χ0n) is 19.2. The Morgan fingerprint density at radius 1 is 1.22 bits per heavy atom. The molecule has 1 saturated heterocycles. The van der Waals surface area contributed by atoms with Crippen molar-refractivity contribution in [1.29, 1.82) is 0 Å². The van der Waals surface area contributed by atoms with Gasteiger partial charge in [-0.05, 0) is 12.0 Å². The van der Waals surface area contributed by atoms with E-state index >= 15 is 4.39 Å². The predicted octanol–water partition coefficient (Wildman–Crippen LogP) is 2.43. The molecule has 0 unspecified atom stereocenters. The van der Waals surface area contributed by atoms with Gasteiger partial charge in [0, 0.05) is 44.0 Å². The molecule has 0 spiro atoms. The van der Waals surface area contributed by atoms with Gasteiger partial charge >= 0.3 is 12.3 Å². The van der Waals surface area contributed by atoms with Crippen molar-refractivity contribution >= 4 is 23.8 Å². The monoisotopic (exact) mass is 523 g/mol. The fourth-order valence-corrected chi connectivity index (χ4v) is 4.83. The van der Waals surface area contributed by atoms with Crippen LogP contribution in [0.15, 0.2) is 24.7 Å². The molecule has 14 heteroatoms. The average molecular weight is 523 g/mol. The van der Waals surface area contributed by atoms with Gasteiger partial charge in [0.2, 0.25) is 11.8 Å². The Hall–Kier alpha value is -3.97. The first-order valence-electron chi connectivity index (χ1n) is 11.5. The fourth-order valence-electron chi connectivity index (χ4n) is 4.83. The topological polar surface area (TPSA) is 123 Å². The average Bonchev–Trinajstić information content (AvgIpc) is 3.41. The predicted molar refractivity (Wildman–Crippen MR) is 115 cm³/mol. The SMILES string of the molecule is O=C1CC[C@@H](N2Cc3ccc(CNC(=O)OC4CC(n5cncc5C(F)(F)F)C4)c(F)c3C2=O)C(=O)N1. The van der Waals surface area contributed by atoms with E-state index in [4.69, 9.17) is 4.74 Å². The molecule has 3 heterocycles. The van der Waals surface area contributed by atoms with Crippen molar-refractivity contribution in [3.8, 4) is 0 Å². The number of nitrogens with one attached hydrogen (secondary N) is 2. The van der Waals surface area contributed by atoms with Crippen LogP contribution in [0, 0.1) is 5.82 Å². The normalized spacial score (nSPS) is 23.4. The number of hydrogen-bond acceptors (Lipinski definition) is 6. The molecular weight excluding hydrogens is 502 g/mol. The van der Waals surface area contributed by atoms with E-state index in [1.54, 1.807) is 0 Å². The third-order valence-corrected chi connectivity index (χ3v) is 6.83. The van der Waals surface area contributed by atoms with Gasteiger partial charge in [0.15, 0.2) is 0 Å². The van der Waals surface area contributed by atoms with Gasteiger partial charge < -0.3 is 19.5 Å². The highest BCUT2D eigenvalue weighted by atomic mass is 19.4. The maximum Gasteiger partial charge on any atom is 0.433 e. The van der Waals surface area contributed by atoms with Crippen LogP contribution in [0.25, 0.3) is 0 Å². The molecule has 3 aliphatic rings. The van der Waals surface area contributed by atoms with Crippen molar-refractivity contribution < 1.29 is 41.5 Å². The summed E-state index contributed by atoms with van der Waals surface area (Å²) in [6.07, 6.45) is -3.64. The molecule has 10 nitrogen and oxygen atoms in total. The molecule has 2 aliphatic heterocycles. The number of fused-ring (bicyclic) bond motifs is 1. The minimum absolute atomic E-state index is 0.0168. The number of imide groups is 1. The molecule has 1 saturated carbocycles. The first kappa shape index (κ1) is 24.7. The first-order chi connectivity index (χ1) is 17.5. The Balaban J connectivity index is 1.15. The van der Waals surface area contributed by atoms with E-state index in [0.717, 1.165) is 17.1 Å². The molecule has 1 aromatic carbocycles. The number of rotatable bonds is 5. The molecule has 0 radical (unpaired) electrons. The van der Waals surface area contributed by atoms with Gasteiger partial charge in [0.25, 0.3) is 5.91 Å².